The fourth-order valence-electron chi connectivity index (χ4n) is 2.12. The quantitative estimate of drug-likeness (QED) is 0.654. The molecule has 0 N–H and O–H groups in total. The summed E-state index contributed by atoms with van der Waals surface area (Å²) in [5.41, 5.74) is 0. The van der Waals surface area contributed by atoms with Crippen LogP contribution in [0.2, 0.25) is 0 Å². The molecule has 1 saturated heterocycles. The predicted octanol–water partition coefficient (Wildman–Crippen LogP) is 4.15. The van der Waals surface area contributed by atoms with Gasteiger partial charge in [-0.1, -0.05) is 36.2 Å². The van der Waals surface area contributed by atoms with Gasteiger partial charge in [0.25, 0.3) is 0 Å². The van der Waals surface area contributed by atoms with E-state index in [-0.39, 0.29) is 0 Å². The van der Waals surface area contributed by atoms with Gasteiger partial charge >= 0.3 is 0 Å². The maximum absolute atomic E-state index is 5.61. The Bertz CT molecular complexity index is 143. The molecule has 0 bridgehead atoms. The van der Waals surface area contributed by atoms with Gasteiger partial charge in [0.05, 0.1) is 6.10 Å². The third-order valence-electron chi connectivity index (χ3n) is 3.22. The van der Waals surface area contributed by atoms with Crippen molar-refractivity contribution >= 4 is 15.9 Å². The highest BCUT2D eigenvalue weighted by Gasteiger charge is 2.16. The lowest BCUT2D eigenvalue weighted by Crippen LogP contribution is -2.11. The van der Waals surface area contributed by atoms with Gasteiger partial charge in [0.15, 0.2) is 0 Å². The Balaban J connectivity index is 2.02. The molecule has 0 aromatic carbocycles. The van der Waals surface area contributed by atoms with E-state index >= 15 is 0 Å². The maximum atomic E-state index is 5.61. The largest absolute Gasteiger partial charge is 0.378 e. The Morgan fingerprint density at radius 3 is 2.86 bits per heavy atom. The van der Waals surface area contributed by atoms with Crippen molar-refractivity contribution in [3.05, 3.63) is 0 Å². The molecule has 1 heterocycles. The minimum absolute atomic E-state index is 0.581. The number of hydrogen-bond donors (Lipinski definition) is 0. The van der Waals surface area contributed by atoms with Crippen LogP contribution in [0.25, 0.3) is 0 Å². The molecule has 2 heteroatoms. The molecule has 1 aliphatic heterocycles. The summed E-state index contributed by atoms with van der Waals surface area (Å²) in [6.07, 6.45) is 8.32. The molecule has 3 atom stereocenters. The van der Waals surface area contributed by atoms with Gasteiger partial charge < -0.3 is 4.74 Å². The fourth-order valence-corrected chi connectivity index (χ4v) is 2.39. The third kappa shape index (κ3) is 4.31. The number of hydrogen-bond acceptors (Lipinski definition) is 1. The van der Waals surface area contributed by atoms with Gasteiger partial charge in [-0.25, -0.2) is 0 Å². The number of alkyl halides is 1. The Hall–Kier alpha value is 0.440. The zero-order chi connectivity index (χ0) is 10.4. The molecule has 0 saturated carbocycles. The zero-order valence-electron chi connectivity index (χ0n) is 9.47. The summed E-state index contributed by atoms with van der Waals surface area (Å²) in [7, 11) is 0. The molecule has 0 amide bonds. The van der Waals surface area contributed by atoms with E-state index in [1.165, 1.54) is 38.5 Å². The summed E-state index contributed by atoms with van der Waals surface area (Å²) in [6, 6.07) is 0. The van der Waals surface area contributed by atoms with Gasteiger partial charge in [-0.3, -0.25) is 0 Å². The summed E-state index contributed by atoms with van der Waals surface area (Å²) < 4.78 is 5.61. The highest BCUT2D eigenvalue weighted by molar-refractivity contribution is 9.09. The van der Waals surface area contributed by atoms with Crippen molar-refractivity contribution in [1.29, 1.82) is 0 Å². The van der Waals surface area contributed by atoms with E-state index in [0.717, 1.165) is 12.5 Å². The lowest BCUT2D eigenvalue weighted by atomic mass is 9.97. The van der Waals surface area contributed by atoms with Crippen molar-refractivity contribution in [3.63, 3.8) is 0 Å². The molecule has 0 aromatic heterocycles. The number of rotatable bonds is 6. The van der Waals surface area contributed by atoms with Crippen LogP contribution in [0.5, 0.6) is 0 Å². The van der Waals surface area contributed by atoms with Crippen LogP contribution < -0.4 is 0 Å². The molecule has 84 valence electrons. The van der Waals surface area contributed by atoms with Crippen molar-refractivity contribution in [2.24, 2.45) is 5.92 Å². The summed E-state index contributed by atoms with van der Waals surface area (Å²) in [5, 5.41) is 0. The first-order chi connectivity index (χ1) is 6.74. The minimum Gasteiger partial charge on any atom is -0.378 e. The van der Waals surface area contributed by atoms with Crippen molar-refractivity contribution in [2.75, 3.05) is 6.61 Å². The van der Waals surface area contributed by atoms with Gasteiger partial charge in [-0.2, -0.15) is 0 Å². The molecule has 0 radical (unpaired) electrons. The van der Waals surface area contributed by atoms with Crippen molar-refractivity contribution in [1.82, 2.24) is 0 Å². The van der Waals surface area contributed by atoms with Crippen LogP contribution >= 0.6 is 15.9 Å². The summed E-state index contributed by atoms with van der Waals surface area (Å²) in [6.45, 7) is 5.59. The van der Waals surface area contributed by atoms with Gasteiger partial charge in [0.2, 0.25) is 0 Å². The first-order valence-corrected chi connectivity index (χ1v) is 6.91. The van der Waals surface area contributed by atoms with Crippen molar-refractivity contribution in [3.8, 4) is 0 Å². The average Bonchev–Trinajstić information content (AvgIpc) is 2.69. The van der Waals surface area contributed by atoms with E-state index in [1.54, 1.807) is 0 Å². The van der Waals surface area contributed by atoms with Crippen LogP contribution in [0.4, 0.5) is 0 Å². The van der Waals surface area contributed by atoms with Crippen LogP contribution in [0.3, 0.4) is 0 Å². The van der Waals surface area contributed by atoms with E-state index in [1.807, 2.05) is 0 Å². The molecule has 14 heavy (non-hydrogen) atoms. The van der Waals surface area contributed by atoms with Crippen molar-refractivity contribution < 1.29 is 4.74 Å². The molecule has 1 nitrogen and oxygen atoms in total. The second kappa shape index (κ2) is 6.84. The smallest absolute Gasteiger partial charge is 0.0576 e. The van der Waals surface area contributed by atoms with Crippen LogP contribution in [0, 0.1) is 5.92 Å². The predicted molar refractivity (Wildman–Crippen MR) is 65.0 cm³/mol. The fraction of sp³-hybridized carbons (Fsp3) is 1.00. The molecule has 0 spiro atoms. The second-order valence-corrected chi connectivity index (χ2v) is 5.64. The Morgan fingerprint density at radius 1 is 1.50 bits per heavy atom. The maximum Gasteiger partial charge on any atom is 0.0576 e. The van der Waals surface area contributed by atoms with E-state index in [4.69, 9.17) is 4.74 Å². The minimum atomic E-state index is 0.581. The van der Waals surface area contributed by atoms with E-state index in [9.17, 15) is 0 Å². The Kier molecular flexibility index (Phi) is 6.11. The monoisotopic (exact) mass is 262 g/mol. The van der Waals surface area contributed by atoms with Gasteiger partial charge in [-0.05, 0) is 38.0 Å². The highest BCUT2D eigenvalue weighted by Crippen LogP contribution is 2.24. The number of ether oxygens (including phenoxy) is 1. The van der Waals surface area contributed by atoms with Crippen LogP contribution in [0.1, 0.15) is 52.4 Å². The lowest BCUT2D eigenvalue weighted by Gasteiger charge is -2.17. The zero-order valence-corrected chi connectivity index (χ0v) is 11.1. The van der Waals surface area contributed by atoms with E-state index in [0.29, 0.717) is 10.9 Å². The lowest BCUT2D eigenvalue weighted by molar-refractivity contribution is 0.101. The van der Waals surface area contributed by atoms with Gasteiger partial charge in [-0.15, -0.1) is 0 Å². The summed E-state index contributed by atoms with van der Waals surface area (Å²) in [4.78, 5) is 0.701. The van der Waals surface area contributed by atoms with Crippen LogP contribution in [-0.4, -0.2) is 17.5 Å². The molecule has 0 aliphatic carbocycles. The average molecular weight is 263 g/mol. The van der Waals surface area contributed by atoms with E-state index in [2.05, 4.69) is 29.8 Å². The normalized spacial score (nSPS) is 26.4. The van der Waals surface area contributed by atoms with Crippen LogP contribution in [-0.2, 0) is 4.74 Å². The van der Waals surface area contributed by atoms with E-state index < -0.39 is 0 Å². The Labute approximate surface area is 96.7 Å². The third-order valence-corrected chi connectivity index (χ3v) is 4.77. The molecular weight excluding hydrogens is 240 g/mol. The standard InChI is InChI=1S/C12H23BrO/c1-3-12(13)10(2)6-4-7-11-8-5-9-14-11/h10-12H,3-9H2,1-2H3. The molecule has 1 aliphatic rings. The van der Waals surface area contributed by atoms with Crippen LogP contribution in [0.15, 0.2) is 0 Å². The summed E-state index contributed by atoms with van der Waals surface area (Å²) in [5.74, 6) is 0.807. The molecule has 0 aromatic rings. The second-order valence-electron chi connectivity index (χ2n) is 4.47. The highest BCUT2D eigenvalue weighted by atomic mass is 79.9. The van der Waals surface area contributed by atoms with Crippen molar-refractivity contribution in [2.45, 2.75) is 63.3 Å². The topological polar surface area (TPSA) is 9.23 Å². The Morgan fingerprint density at radius 2 is 2.29 bits per heavy atom. The molecular formula is C12H23BrO. The number of halogens is 1. The first-order valence-electron chi connectivity index (χ1n) is 5.99. The first kappa shape index (κ1) is 12.5. The SMILES string of the molecule is CCC(Br)C(C)CCCC1CCCO1. The molecule has 1 rings (SSSR count). The molecule has 3 unspecified atom stereocenters. The van der Waals surface area contributed by atoms with Gasteiger partial charge in [0, 0.05) is 11.4 Å². The van der Waals surface area contributed by atoms with Gasteiger partial charge in [0.1, 0.15) is 0 Å². The summed E-state index contributed by atoms with van der Waals surface area (Å²) >= 11 is 3.72. The molecule has 1 fully saturated rings.